The van der Waals surface area contributed by atoms with Crippen LogP contribution in [0.25, 0.3) is 0 Å². The summed E-state index contributed by atoms with van der Waals surface area (Å²) in [7, 11) is 0. The number of benzene rings is 2. The van der Waals surface area contributed by atoms with Crippen molar-refractivity contribution in [3.8, 4) is 0 Å². The van der Waals surface area contributed by atoms with Gasteiger partial charge < -0.3 is 14.7 Å². The van der Waals surface area contributed by atoms with Crippen LogP contribution in [-0.4, -0.2) is 50.1 Å². The first-order valence-electron chi connectivity index (χ1n) is 9.38. The number of carbonyl (C=O) groups is 1. The van der Waals surface area contributed by atoms with Crippen LogP contribution in [0.3, 0.4) is 0 Å². The van der Waals surface area contributed by atoms with Crippen molar-refractivity contribution >= 4 is 28.9 Å². The Kier molecular flexibility index (Phi) is 6.22. The molecule has 27 heavy (non-hydrogen) atoms. The molecule has 144 valence electrons. The fourth-order valence-corrected chi connectivity index (χ4v) is 3.73. The van der Waals surface area contributed by atoms with Gasteiger partial charge in [0.25, 0.3) is 5.91 Å². The molecule has 6 heteroatoms. The number of halogens is 2. The molecule has 1 amide bonds. The molecule has 0 saturated carbocycles. The Bertz CT molecular complexity index is 764. The van der Waals surface area contributed by atoms with Gasteiger partial charge in [0, 0.05) is 50.6 Å². The maximum Gasteiger partial charge on any atom is 0.258 e. The highest BCUT2D eigenvalue weighted by atomic mass is 35.5. The number of nitrogens with zero attached hydrogens (tertiary/aromatic N) is 3. The van der Waals surface area contributed by atoms with E-state index in [0.29, 0.717) is 26.2 Å². The summed E-state index contributed by atoms with van der Waals surface area (Å²) in [6.07, 6.45) is 0. The second kappa shape index (κ2) is 8.61. The van der Waals surface area contributed by atoms with E-state index in [9.17, 15) is 9.18 Å². The smallest absolute Gasteiger partial charge is 0.258 e. The number of anilines is 2. The molecule has 1 saturated heterocycles. The third kappa shape index (κ3) is 4.19. The summed E-state index contributed by atoms with van der Waals surface area (Å²) in [5, 5.41) is 0.162. The summed E-state index contributed by atoms with van der Waals surface area (Å²) in [5.41, 5.74) is 2.32. The minimum Gasteiger partial charge on any atom is -0.372 e. The molecule has 0 N–H and O–H groups in total. The summed E-state index contributed by atoms with van der Waals surface area (Å²) in [6, 6.07) is 12.8. The standard InChI is InChI=1S/C21H25ClFN3O/c1-3-24(4-2)16-8-10-17(11-9-16)25-12-14-26(15-13-25)21(27)20-18(22)6-5-7-19(20)23/h5-11H,3-4,12-15H2,1-2H3. The first-order valence-corrected chi connectivity index (χ1v) is 9.76. The molecule has 1 heterocycles. The molecule has 0 radical (unpaired) electrons. The van der Waals surface area contributed by atoms with Crippen molar-refractivity contribution in [2.24, 2.45) is 0 Å². The number of carbonyl (C=O) groups excluding carboxylic acids is 1. The molecule has 1 aliphatic rings. The van der Waals surface area contributed by atoms with E-state index in [1.54, 1.807) is 11.0 Å². The topological polar surface area (TPSA) is 26.8 Å². The number of hydrogen-bond donors (Lipinski definition) is 0. The first-order chi connectivity index (χ1) is 13.0. The van der Waals surface area contributed by atoms with Crippen molar-refractivity contribution in [2.75, 3.05) is 49.1 Å². The third-order valence-corrected chi connectivity index (χ3v) is 5.40. The Morgan fingerprint density at radius 3 is 2.22 bits per heavy atom. The molecule has 3 rings (SSSR count). The molecule has 0 atom stereocenters. The lowest BCUT2D eigenvalue weighted by atomic mass is 10.1. The summed E-state index contributed by atoms with van der Waals surface area (Å²) in [5.74, 6) is -0.906. The zero-order valence-corrected chi connectivity index (χ0v) is 16.5. The third-order valence-electron chi connectivity index (χ3n) is 5.09. The van der Waals surface area contributed by atoms with Gasteiger partial charge in [-0.1, -0.05) is 17.7 Å². The van der Waals surface area contributed by atoms with Gasteiger partial charge in [0.15, 0.2) is 0 Å². The molecule has 1 fully saturated rings. The van der Waals surface area contributed by atoms with Gasteiger partial charge in [-0.3, -0.25) is 4.79 Å². The Labute approximate surface area is 165 Å². The fourth-order valence-electron chi connectivity index (χ4n) is 3.49. The molecule has 0 spiro atoms. The van der Waals surface area contributed by atoms with Crippen molar-refractivity contribution in [2.45, 2.75) is 13.8 Å². The lowest BCUT2D eigenvalue weighted by Crippen LogP contribution is -2.49. The van der Waals surface area contributed by atoms with Crippen LogP contribution in [0.4, 0.5) is 15.8 Å². The average Bonchev–Trinajstić information content (AvgIpc) is 2.69. The number of hydrogen-bond acceptors (Lipinski definition) is 3. The second-order valence-electron chi connectivity index (χ2n) is 6.56. The fraction of sp³-hybridized carbons (Fsp3) is 0.381. The van der Waals surface area contributed by atoms with Crippen molar-refractivity contribution in [3.05, 3.63) is 58.9 Å². The maximum atomic E-state index is 14.0. The molecule has 2 aromatic rings. The van der Waals surface area contributed by atoms with Crippen LogP contribution in [0.1, 0.15) is 24.2 Å². The van der Waals surface area contributed by atoms with E-state index < -0.39 is 5.82 Å². The second-order valence-corrected chi connectivity index (χ2v) is 6.97. The minimum absolute atomic E-state index is 0.0313. The SMILES string of the molecule is CCN(CC)c1ccc(N2CCN(C(=O)c3c(F)cccc3Cl)CC2)cc1. The van der Waals surface area contributed by atoms with Crippen molar-refractivity contribution < 1.29 is 9.18 Å². The average molecular weight is 390 g/mol. The zero-order valence-electron chi connectivity index (χ0n) is 15.8. The number of piperazine rings is 1. The predicted molar refractivity (Wildman–Crippen MR) is 110 cm³/mol. The highest BCUT2D eigenvalue weighted by Crippen LogP contribution is 2.24. The van der Waals surface area contributed by atoms with Crippen LogP contribution in [0, 0.1) is 5.82 Å². The van der Waals surface area contributed by atoms with Crippen LogP contribution in [0.15, 0.2) is 42.5 Å². The number of rotatable bonds is 5. The molecule has 4 nitrogen and oxygen atoms in total. The summed E-state index contributed by atoms with van der Waals surface area (Å²) >= 11 is 6.03. The zero-order chi connectivity index (χ0) is 19.4. The van der Waals surface area contributed by atoms with E-state index >= 15 is 0 Å². The van der Waals surface area contributed by atoms with E-state index in [1.165, 1.54) is 17.8 Å². The Hall–Kier alpha value is -2.27. The highest BCUT2D eigenvalue weighted by Gasteiger charge is 2.26. The Morgan fingerprint density at radius 1 is 1.04 bits per heavy atom. The molecule has 0 bridgehead atoms. The molecule has 0 aliphatic carbocycles. The summed E-state index contributed by atoms with van der Waals surface area (Å²) < 4.78 is 14.0. The normalized spacial score (nSPS) is 14.4. The Morgan fingerprint density at radius 2 is 1.67 bits per heavy atom. The molecule has 2 aromatic carbocycles. The van der Waals surface area contributed by atoms with Crippen molar-refractivity contribution in [3.63, 3.8) is 0 Å². The van der Waals surface area contributed by atoms with Gasteiger partial charge in [0.05, 0.1) is 10.6 Å². The van der Waals surface area contributed by atoms with Gasteiger partial charge in [-0.25, -0.2) is 4.39 Å². The largest absolute Gasteiger partial charge is 0.372 e. The van der Waals surface area contributed by atoms with Crippen molar-refractivity contribution in [1.82, 2.24) is 4.90 Å². The molecular weight excluding hydrogens is 365 g/mol. The van der Waals surface area contributed by atoms with E-state index in [1.807, 2.05) is 0 Å². The van der Waals surface area contributed by atoms with Crippen LogP contribution in [0.2, 0.25) is 5.02 Å². The van der Waals surface area contributed by atoms with Crippen LogP contribution >= 0.6 is 11.6 Å². The summed E-state index contributed by atoms with van der Waals surface area (Å²) in [4.78, 5) is 18.9. The van der Waals surface area contributed by atoms with E-state index in [0.717, 1.165) is 18.8 Å². The van der Waals surface area contributed by atoms with E-state index in [4.69, 9.17) is 11.6 Å². The minimum atomic E-state index is -0.568. The quantitative estimate of drug-likeness (QED) is 0.763. The first kappa shape index (κ1) is 19.5. The highest BCUT2D eigenvalue weighted by molar-refractivity contribution is 6.33. The van der Waals surface area contributed by atoms with Gasteiger partial charge in [-0.15, -0.1) is 0 Å². The maximum absolute atomic E-state index is 14.0. The van der Waals surface area contributed by atoms with E-state index in [-0.39, 0.29) is 16.5 Å². The van der Waals surface area contributed by atoms with Crippen LogP contribution in [0.5, 0.6) is 0 Å². The van der Waals surface area contributed by atoms with Gasteiger partial charge >= 0.3 is 0 Å². The monoisotopic (exact) mass is 389 g/mol. The number of amides is 1. The molecular formula is C21H25ClFN3O. The lowest BCUT2D eigenvalue weighted by Gasteiger charge is -2.36. The van der Waals surface area contributed by atoms with Crippen LogP contribution in [-0.2, 0) is 0 Å². The predicted octanol–water partition coefficient (Wildman–Crippen LogP) is 4.29. The summed E-state index contributed by atoms with van der Waals surface area (Å²) in [6.45, 7) is 8.77. The Balaban J connectivity index is 1.64. The lowest BCUT2D eigenvalue weighted by molar-refractivity contribution is 0.0742. The molecule has 0 unspecified atom stereocenters. The van der Waals surface area contributed by atoms with Crippen molar-refractivity contribution in [1.29, 1.82) is 0 Å². The van der Waals surface area contributed by atoms with Gasteiger partial charge in [-0.2, -0.15) is 0 Å². The van der Waals surface area contributed by atoms with E-state index in [2.05, 4.69) is 47.9 Å². The molecule has 0 aromatic heterocycles. The van der Waals surface area contributed by atoms with Crippen LogP contribution < -0.4 is 9.80 Å². The van der Waals surface area contributed by atoms with Gasteiger partial charge in [0.2, 0.25) is 0 Å². The molecule has 1 aliphatic heterocycles. The van der Waals surface area contributed by atoms with Gasteiger partial charge in [-0.05, 0) is 50.2 Å². The van der Waals surface area contributed by atoms with Gasteiger partial charge in [0.1, 0.15) is 5.82 Å².